The fourth-order valence-electron chi connectivity index (χ4n) is 3.27. The Balaban J connectivity index is 1.58. The first-order valence-electron chi connectivity index (χ1n) is 8.20. The average Bonchev–Trinajstić information content (AvgIpc) is 3.09. The molecule has 0 bridgehead atoms. The molecule has 4 heterocycles. The Morgan fingerprint density at radius 2 is 2.26 bits per heavy atom. The van der Waals surface area contributed by atoms with Gasteiger partial charge in [0.1, 0.15) is 5.76 Å². The maximum Gasteiger partial charge on any atom is 0.255 e. The molecule has 6 heteroatoms. The summed E-state index contributed by atoms with van der Waals surface area (Å²) in [7, 11) is 0. The monoisotopic (exact) mass is 312 g/mol. The van der Waals surface area contributed by atoms with Crippen molar-refractivity contribution in [3.63, 3.8) is 0 Å². The van der Waals surface area contributed by atoms with Crippen LogP contribution in [0.15, 0.2) is 32.6 Å². The summed E-state index contributed by atoms with van der Waals surface area (Å²) in [6, 6.07) is 3.85. The zero-order valence-electron chi connectivity index (χ0n) is 13.0. The molecule has 0 saturated heterocycles. The van der Waals surface area contributed by atoms with Gasteiger partial charge in [-0.05, 0) is 31.4 Å². The Labute approximate surface area is 134 Å². The van der Waals surface area contributed by atoms with Gasteiger partial charge in [-0.3, -0.25) is 14.7 Å². The normalized spacial score (nSPS) is 18.5. The lowest BCUT2D eigenvalue weighted by atomic mass is 10.1. The van der Waals surface area contributed by atoms with Gasteiger partial charge < -0.3 is 9.40 Å². The number of nitrogens with zero attached hydrogens (tertiary/aromatic N) is 3. The van der Waals surface area contributed by atoms with E-state index >= 15 is 0 Å². The van der Waals surface area contributed by atoms with Crippen LogP contribution < -0.4 is 5.56 Å². The number of fused-ring (bicyclic) bond motifs is 1. The van der Waals surface area contributed by atoms with Crippen LogP contribution in [-0.4, -0.2) is 33.7 Å². The van der Waals surface area contributed by atoms with Crippen molar-refractivity contribution in [1.29, 1.82) is 0 Å². The Kier molecular flexibility index (Phi) is 3.83. The second kappa shape index (κ2) is 6.12. The first-order valence-corrected chi connectivity index (χ1v) is 8.20. The molecule has 0 radical (unpaired) electrons. The minimum Gasteiger partial charge on any atom is -0.468 e. The average molecular weight is 312 g/mol. The van der Waals surface area contributed by atoms with Crippen LogP contribution in [0.5, 0.6) is 0 Å². The summed E-state index contributed by atoms with van der Waals surface area (Å²) in [5.74, 6) is 1.60. The minimum absolute atomic E-state index is 0.0255. The van der Waals surface area contributed by atoms with Crippen LogP contribution in [0.4, 0.5) is 0 Å². The van der Waals surface area contributed by atoms with Gasteiger partial charge in [0.25, 0.3) is 5.56 Å². The summed E-state index contributed by atoms with van der Waals surface area (Å²) in [5, 5.41) is 0. The van der Waals surface area contributed by atoms with Crippen molar-refractivity contribution in [3.05, 3.63) is 51.6 Å². The highest BCUT2D eigenvalue weighted by molar-refractivity contribution is 5.97. The second-order valence-corrected chi connectivity index (χ2v) is 6.17. The molecular weight excluding hydrogens is 292 g/mol. The fourth-order valence-corrected chi connectivity index (χ4v) is 3.27. The van der Waals surface area contributed by atoms with Crippen molar-refractivity contribution in [3.8, 4) is 0 Å². The molecule has 0 unspecified atom stereocenters. The third-order valence-electron chi connectivity index (χ3n) is 4.50. The van der Waals surface area contributed by atoms with E-state index in [9.17, 15) is 4.79 Å². The molecule has 120 valence electrons. The molecule has 0 aliphatic carbocycles. The zero-order chi connectivity index (χ0) is 15.6. The van der Waals surface area contributed by atoms with E-state index in [4.69, 9.17) is 9.40 Å². The molecule has 1 N–H and O–H groups in total. The third kappa shape index (κ3) is 2.99. The van der Waals surface area contributed by atoms with E-state index in [-0.39, 0.29) is 5.56 Å². The highest BCUT2D eigenvalue weighted by Crippen LogP contribution is 2.18. The number of nitrogens with one attached hydrogen (secondary N) is 1. The number of aromatic amines is 1. The molecule has 2 aliphatic heterocycles. The standard InChI is InChI=1S/C17H20N4O2/c22-17-13-11-21(10-12-4-3-9-23-12)8-6-14(13)19-16(20-17)15-5-1-2-7-18-15/h3-4,9H,1-2,5-8,10-11H2,(H,19,20,22). The van der Waals surface area contributed by atoms with Crippen LogP contribution in [0.2, 0.25) is 0 Å². The van der Waals surface area contributed by atoms with E-state index in [1.807, 2.05) is 12.1 Å². The molecule has 4 rings (SSSR count). The Hall–Kier alpha value is -2.21. The van der Waals surface area contributed by atoms with E-state index in [1.165, 1.54) is 0 Å². The highest BCUT2D eigenvalue weighted by atomic mass is 16.3. The molecular formula is C17H20N4O2. The van der Waals surface area contributed by atoms with Gasteiger partial charge in [0.05, 0.1) is 29.8 Å². The van der Waals surface area contributed by atoms with Crippen LogP contribution >= 0.6 is 0 Å². The van der Waals surface area contributed by atoms with Gasteiger partial charge in [0, 0.05) is 26.1 Å². The lowest BCUT2D eigenvalue weighted by molar-refractivity contribution is 0.222. The van der Waals surface area contributed by atoms with Crippen LogP contribution in [0.1, 0.15) is 42.1 Å². The van der Waals surface area contributed by atoms with Gasteiger partial charge in [-0.15, -0.1) is 0 Å². The Bertz CT molecular complexity index is 776. The van der Waals surface area contributed by atoms with E-state index < -0.39 is 0 Å². The lowest BCUT2D eigenvalue weighted by Gasteiger charge is -2.27. The molecule has 0 aromatic carbocycles. The predicted octanol–water partition coefficient (Wildman–Crippen LogP) is 1.89. The van der Waals surface area contributed by atoms with E-state index in [1.54, 1.807) is 6.26 Å². The van der Waals surface area contributed by atoms with Crippen molar-refractivity contribution >= 4 is 5.71 Å². The fraction of sp³-hybridized carbons (Fsp3) is 0.471. The summed E-state index contributed by atoms with van der Waals surface area (Å²) in [6.07, 6.45) is 5.63. The molecule has 0 atom stereocenters. The summed E-state index contributed by atoms with van der Waals surface area (Å²) >= 11 is 0. The molecule has 2 aromatic heterocycles. The van der Waals surface area contributed by atoms with Gasteiger partial charge in [0.15, 0.2) is 5.82 Å². The minimum atomic E-state index is -0.0255. The first-order chi connectivity index (χ1) is 11.3. The molecule has 2 aliphatic rings. The summed E-state index contributed by atoms with van der Waals surface area (Å²) in [5.41, 5.74) is 2.63. The molecule has 0 spiro atoms. The van der Waals surface area contributed by atoms with Crippen molar-refractivity contribution in [2.75, 3.05) is 13.1 Å². The number of aromatic nitrogens is 2. The van der Waals surface area contributed by atoms with Gasteiger partial charge in [-0.25, -0.2) is 4.98 Å². The van der Waals surface area contributed by atoms with Gasteiger partial charge in [-0.2, -0.15) is 0 Å². The number of rotatable bonds is 3. The summed E-state index contributed by atoms with van der Waals surface area (Å²) in [4.78, 5) is 26.8. The maximum atomic E-state index is 12.5. The van der Waals surface area contributed by atoms with Crippen LogP contribution in [0.25, 0.3) is 0 Å². The van der Waals surface area contributed by atoms with Crippen molar-refractivity contribution in [2.24, 2.45) is 4.99 Å². The van der Waals surface area contributed by atoms with E-state index in [0.29, 0.717) is 12.4 Å². The predicted molar refractivity (Wildman–Crippen MR) is 86.6 cm³/mol. The Morgan fingerprint density at radius 1 is 1.30 bits per heavy atom. The second-order valence-electron chi connectivity index (χ2n) is 6.17. The summed E-state index contributed by atoms with van der Waals surface area (Å²) < 4.78 is 5.39. The maximum absolute atomic E-state index is 12.5. The Morgan fingerprint density at radius 3 is 3.04 bits per heavy atom. The number of hydrogen-bond donors (Lipinski definition) is 1. The van der Waals surface area contributed by atoms with Crippen LogP contribution in [-0.2, 0) is 19.5 Å². The largest absolute Gasteiger partial charge is 0.468 e. The number of H-pyrrole nitrogens is 1. The van der Waals surface area contributed by atoms with Gasteiger partial charge >= 0.3 is 0 Å². The van der Waals surface area contributed by atoms with Gasteiger partial charge in [-0.1, -0.05) is 0 Å². The lowest BCUT2D eigenvalue weighted by Crippen LogP contribution is -2.36. The molecule has 0 saturated carbocycles. The number of furan rings is 1. The number of aliphatic imine (C=N–C) groups is 1. The van der Waals surface area contributed by atoms with Gasteiger partial charge in [0.2, 0.25) is 0 Å². The van der Waals surface area contributed by atoms with E-state index in [2.05, 4.69) is 14.9 Å². The topological polar surface area (TPSA) is 74.5 Å². The molecule has 0 amide bonds. The van der Waals surface area contributed by atoms with E-state index in [0.717, 1.165) is 68.0 Å². The first kappa shape index (κ1) is 14.4. The number of hydrogen-bond acceptors (Lipinski definition) is 5. The third-order valence-corrected chi connectivity index (χ3v) is 4.50. The SMILES string of the molecule is O=c1[nH]c(C2=NCCCC2)nc2c1CN(Cc1ccco1)CC2. The molecule has 6 nitrogen and oxygen atoms in total. The quantitative estimate of drug-likeness (QED) is 0.939. The van der Waals surface area contributed by atoms with Crippen molar-refractivity contribution in [1.82, 2.24) is 14.9 Å². The summed E-state index contributed by atoms with van der Waals surface area (Å²) in [6.45, 7) is 3.06. The highest BCUT2D eigenvalue weighted by Gasteiger charge is 2.23. The zero-order valence-corrected chi connectivity index (χ0v) is 13.0. The molecule has 23 heavy (non-hydrogen) atoms. The molecule has 2 aromatic rings. The van der Waals surface area contributed by atoms with Crippen molar-refractivity contribution in [2.45, 2.75) is 38.8 Å². The smallest absolute Gasteiger partial charge is 0.255 e. The molecule has 0 fully saturated rings. The van der Waals surface area contributed by atoms with Crippen molar-refractivity contribution < 1.29 is 4.42 Å². The van der Waals surface area contributed by atoms with Crippen LogP contribution in [0, 0.1) is 0 Å². The van der Waals surface area contributed by atoms with Crippen LogP contribution in [0.3, 0.4) is 0 Å².